The lowest BCUT2D eigenvalue weighted by atomic mass is 10.1. The van der Waals surface area contributed by atoms with Gasteiger partial charge >= 0.3 is 0 Å². The maximum Gasteiger partial charge on any atom is 0.255 e. The number of pyridine rings is 1. The molecule has 0 atom stereocenters. The lowest BCUT2D eigenvalue weighted by Gasteiger charge is -2.20. The van der Waals surface area contributed by atoms with Crippen LogP contribution in [0.2, 0.25) is 0 Å². The van der Waals surface area contributed by atoms with Crippen molar-refractivity contribution >= 4 is 17.5 Å². The Balaban J connectivity index is 1.62. The summed E-state index contributed by atoms with van der Waals surface area (Å²) in [6.07, 6.45) is 3.76. The molecule has 0 bridgehead atoms. The van der Waals surface area contributed by atoms with E-state index in [-0.39, 0.29) is 18.2 Å². The van der Waals surface area contributed by atoms with E-state index in [0.717, 1.165) is 5.56 Å². The van der Waals surface area contributed by atoms with Crippen molar-refractivity contribution in [3.63, 3.8) is 0 Å². The first-order valence-corrected chi connectivity index (χ1v) is 9.53. The number of para-hydroxylation sites is 1. The van der Waals surface area contributed by atoms with Crippen LogP contribution in [0.15, 0.2) is 53.3 Å². The van der Waals surface area contributed by atoms with Crippen LogP contribution in [0.5, 0.6) is 0 Å². The standard InChI is InChI=1S/C21H23N5O3/c1-3-26(4-2)21(28)16-9-5-6-10-17(16)23-18(27)11-12-19-24-20(25-29-19)15-8-7-13-22-14-15/h5-10,13-14H,3-4,11-12H2,1-2H3,(H,23,27). The molecular weight excluding hydrogens is 370 g/mol. The summed E-state index contributed by atoms with van der Waals surface area (Å²) in [7, 11) is 0. The predicted molar refractivity (Wildman–Crippen MR) is 108 cm³/mol. The summed E-state index contributed by atoms with van der Waals surface area (Å²) < 4.78 is 5.21. The van der Waals surface area contributed by atoms with E-state index in [1.807, 2.05) is 19.9 Å². The number of carbonyl (C=O) groups is 2. The number of aryl methyl sites for hydroxylation is 1. The Hall–Kier alpha value is -3.55. The average molecular weight is 393 g/mol. The molecule has 2 aromatic heterocycles. The maximum atomic E-state index is 12.7. The number of hydrogen-bond acceptors (Lipinski definition) is 6. The van der Waals surface area contributed by atoms with E-state index >= 15 is 0 Å². The molecule has 2 amide bonds. The number of anilines is 1. The van der Waals surface area contributed by atoms with Crippen molar-refractivity contribution in [1.29, 1.82) is 0 Å². The van der Waals surface area contributed by atoms with Crippen molar-refractivity contribution in [2.24, 2.45) is 0 Å². The zero-order chi connectivity index (χ0) is 20.6. The van der Waals surface area contributed by atoms with E-state index in [9.17, 15) is 9.59 Å². The van der Waals surface area contributed by atoms with Crippen LogP contribution in [0, 0.1) is 0 Å². The molecule has 2 heterocycles. The Labute approximate surface area is 169 Å². The molecular formula is C21H23N5O3. The molecule has 0 unspecified atom stereocenters. The molecule has 1 aromatic carbocycles. The Morgan fingerprint density at radius 2 is 1.90 bits per heavy atom. The van der Waals surface area contributed by atoms with E-state index < -0.39 is 0 Å². The molecule has 1 N–H and O–H groups in total. The fourth-order valence-corrected chi connectivity index (χ4v) is 2.86. The summed E-state index contributed by atoms with van der Waals surface area (Å²) in [5.74, 6) is 0.463. The average Bonchev–Trinajstić information content (AvgIpc) is 3.23. The number of amides is 2. The Morgan fingerprint density at radius 3 is 2.62 bits per heavy atom. The fourth-order valence-electron chi connectivity index (χ4n) is 2.86. The topological polar surface area (TPSA) is 101 Å². The largest absolute Gasteiger partial charge is 0.339 e. The number of hydrogen-bond donors (Lipinski definition) is 1. The lowest BCUT2D eigenvalue weighted by molar-refractivity contribution is -0.116. The highest BCUT2D eigenvalue weighted by Gasteiger charge is 2.18. The molecule has 0 saturated heterocycles. The molecule has 8 nitrogen and oxygen atoms in total. The van der Waals surface area contributed by atoms with Gasteiger partial charge in [-0.3, -0.25) is 14.6 Å². The monoisotopic (exact) mass is 393 g/mol. The van der Waals surface area contributed by atoms with Crippen molar-refractivity contribution in [3.05, 3.63) is 60.2 Å². The van der Waals surface area contributed by atoms with Crippen LogP contribution in [0.4, 0.5) is 5.69 Å². The number of nitrogens with one attached hydrogen (secondary N) is 1. The normalized spacial score (nSPS) is 10.6. The summed E-state index contributed by atoms with van der Waals surface area (Å²) in [5, 5.41) is 6.73. The smallest absolute Gasteiger partial charge is 0.255 e. The second kappa shape index (κ2) is 9.59. The van der Waals surface area contributed by atoms with Gasteiger partial charge in [-0.25, -0.2) is 0 Å². The van der Waals surface area contributed by atoms with E-state index in [2.05, 4.69) is 20.4 Å². The SMILES string of the molecule is CCN(CC)C(=O)c1ccccc1NC(=O)CCc1nc(-c2cccnc2)no1. The third kappa shape index (κ3) is 5.04. The summed E-state index contributed by atoms with van der Waals surface area (Å²) in [6, 6.07) is 10.6. The molecule has 8 heteroatoms. The summed E-state index contributed by atoms with van der Waals surface area (Å²) in [6.45, 7) is 5.06. The molecule has 0 aliphatic carbocycles. The van der Waals surface area contributed by atoms with Crippen LogP contribution in [0.1, 0.15) is 36.5 Å². The van der Waals surface area contributed by atoms with E-state index in [1.165, 1.54) is 0 Å². The highest BCUT2D eigenvalue weighted by Crippen LogP contribution is 2.18. The fraction of sp³-hybridized carbons (Fsp3) is 0.286. The molecule has 0 spiro atoms. The van der Waals surface area contributed by atoms with Gasteiger partial charge in [0.05, 0.1) is 11.3 Å². The maximum absolute atomic E-state index is 12.7. The Kier molecular flexibility index (Phi) is 6.67. The van der Waals surface area contributed by atoms with Crippen molar-refractivity contribution in [1.82, 2.24) is 20.0 Å². The third-order valence-electron chi connectivity index (χ3n) is 4.44. The molecule has 3 rings (SSSR count). The molecule has 0 saturated carbocycles. The van der Waals surface area contributed by atoms with E-state index in [0.29, 0.717) is 42.5 Å². The molecule has 3 aromatic rings. The number of benzene rings is 1. The van der Waals surface area contributed by atoms with E-state index in [4.69, 9.17) is 4.52 Å². The van der Waals surface area contributed by atoms with E-state index in [1.54, 1.807) is 47.6 Å². The minimum Gasteiger partial charge on any atom is -0.339 e. The second-order valence-electron chi connectivity index (χ2n) is 6.32. The highest BCUT2D eigenvalue weighted by atomic mass is 16.5. The minimum absolute atomic E-state index is 0.107. The zero-order valence-corrected chi connectivity index (χ0v) is 16.5. The van der Waals surface area contributed by atoms with Gasteiger partial charge in [-0.2, -0.15) is 4.98 Å². The van der Waals surface area contributed by atoms with Crippen LogP contribution in [-0.4, -0.2) is 44.9 Å². The molecule has 29 heavy (non-hydrogen) atoms. The van der Waals surface area contributed by atoms with Gasteiger partial charge in [-0.05, 0) is 38.1 Å². The number of aromatic nitrogens is 3. The first kappa shape index (κ1) is 20.2. The summed E-state index contributed by atoms with van der Waals surface area (Å²) in [4.78, 5) is 35.1. The molecule has 0 aliphatic rings. The lowest BCUT2D eigenvalue weighted by Crippen LogP contribution is -2.31. The van der Waals surface area contributed by atoms with Crippen LogP contribution in [-0.2, 0) is 11.2 Å². The first-order valence-electron chi connectivity index (χ1n) is 9.53. The summed E-state index contributed by atoms with van der Waals surface area (Å²) >= 11 is 0. The van der Waals surface area contributed by atoms with Crippen molar-refractivity contribution in [3.8, 4) is 11.4 Å². The van der Waals surface area contributed by atoms with Crippen LogP contribution < -0.4 is 5.32 Å². The number of rotatable bonds is 8. The Bertz CT molecular complexity index is 967. The van der Waals surface area contributed by atoms with Crippen molar-refractivity contribution in [2.45, 2.75) is 26.7 Å². The zero-order valence-electron chi connectivity index (χ0n) is 16.5. The predicted octanol–water partition coefficient (Wildman–Crippen LogP) is 3.18. The van der Waals surface area contributed by atoms with Gasteiger partial charge in [0.15, 0.2) is 0 Å². The Morgan fingerprint density at radius 1 is 1.10 bits per heavy atom. The van der Waals surface area contributed by atoms with Crippen LogP contribution in [0.25, 0.3) is 11.4 Å². The van der Waals surface area contributed by atoms with Gasteiger partial charge in [0, 0.05) is 43.9 Å². The van der Waals surface area contributed by atoms with Gasteiger partial charge in [-0.1, -0.05) is 17.3 Å². The van der Waals surface area contributed by atoms with Gasteiger partial charge < -0.3 is 14.7 Å². The quantitative estimate of drug-likeness (QED) is 0.631. The number of carbonyl (C=O) groups excluding carboxylic acids is 2. The van der Waals surface area contributed by atoms with Gasteiger partial charge in [0.1, 0.15) is 0 Å². The van der Waals surface area contributed by atoms with Crippen molar-refractivity contribution < 1.29 is 14.1 Å². The van der Waals surface area contributed by atoms with Gasteiger partial charge in [0.2, 0.25) is 17.6 Å². The highest BCUT2D eigenvalue weighted by molar-refractivity contribution is 6.03. The van der Waals surface area contributed by atoms with Gasteiger partial charge in [0.25, 0.3) is 5.91 Å². The van der Waals surface area contributed by atoms with Gasteiger partial charge in [-0.15, -0.1) is 0 Å². The minimum atomic E-state index is -0.231. The first-order chi connectivity index (χ1) is 14.1. The molecule has 0 aliphatic heterocycles. The van der Waals surface area contributed by atoms with Crippen LogP contribution >= 0.6 is 0 Å². The molecule has 0 radical (unpaired) electrons. The molecule has 0 fully saturated rings. The molecule has 150 valence electrons. The van der Waals surface area contributed by atoms with Crippen molar-refractivity contribution in [2.75, 3.05) is 18.4 Å². The summed E-state index contributed by atoms with van der Waals surface area (Å²) in [5.41, 5.74) is 1.72. The number of nitrogens with zero attached hydrogens (tertiary/aromatic N) is 4. The second-order valence-corrected chi connectivity index (χ2v) is 6.32. The third-order valence-corrected chi connectivity index (χ3v) is 4.44. The van der Waals surface area contributed by atoms with Crippen LogP contribution in [0.3, 0.4) is 0 Å².